The van der Waals surface area contributed by atoms with Gasteiger partial charge in [-0.1, -0.05) is 18.2 Å². The quantitative estimate of drug-likeness (QED) is 0.388. The molecule has 0 N–H and O–H groups in total. The van der Waals surface area contributed by atoms with Crippen LogP contribution in [0.5, 0.6) is 17.2 Å². The first-order valence-electron chi connectivity index (χ1n) is 9.75. The molecule has 0 bridgehead atoms. The molecule has 0 aromatic heterocycles. The van der Waals surface area contributed by atoms with Crippen LogP contribution in [-0.2, 0) is 11.3 Å². The van der Waals surface area contributed by atoms with Crippen LogP contribution in [0.1, 0.15) is 25.3 Å². The molecule has 10 heteroatoms. The van der Waals surface area contributed by atoms with Crippen molar-refractivity contribution >= 4 is 11.6 Å². The Hall–Kier alpha value is -3.43. The van der Waals surface area contributed by atoms with Gasteiger partial charge in [0.25, 0.3) is 5.91 Å². The first-order chi connectivity index (χ1) is 14.9. The highest BCUT2D eigenvalue weighted by Crippen LogP contribution is 2.33. The minimum Gasteiger partial charge on any atom is -0.490 e. The van der Waals surface area contributed by atoms with E-state index in [0.717, 1.165) is 12.8 Å². The van der Waals surface area contributed by atoms with E-state index in [2.05, 4.69) is 4.74 Å². The normalized spacial score (nSPS) is 13.0. The Morgan fingerprint density at radius 1 is 1.16 bits per heavy atom. The number of halogens is 2. The average Bonchev–Trinajstić information content (AvgIpc) is 3.57. The lowest BCUT2D eigenvalue weighted by atomic mass is 10.2. The number of nitro groups is 1. The van der Waals surface area contributed by atoms with Crippen LogP contribution in [0, 0.1) is 10.1 Å². The Labute approximate surface area is 177 Å². The van der Waals surface area contributed by atoms with Gasteiger partial charge < -0.3 is 19.1 Å². The van der Waals surface area contributed by atoms with Crippen molar-refractivity contribution in [2.24, 2.45) is 0 Å². The standard InChI is InChI=1S/C21H22F2N2O6/c1-2-29-19-11-14(7-10-18(19)31-21(22)23)12-24(15-8-9-15)20(26)13-30-17-6-4-3-5-16(17)25(27)28/h3-7,10-11,15,21H,2,8-9,12-13H2,1H3. The molecule has 0 radical (unpaired) electrons. The van der Waals surface area contributed by atoms with Gasteiger partial charge in [0.15, 0.2) is 23.9 Å². The number of hydrogen-bond donors (Lipinski definition) is 0. The lowest BCUT2D eigenvalue weighted by Crippen LogP contribution is -2.36. The van der Waals surface area contributed by atoms with Gasteiger partial charge in [-0.25, -0.2) is 0 Å². The van der Waals surface area contributed by atoms with Gasteiger partial charge in [0.1, 0.15) is 0 Å². The number of nitrogens with zero attached hydrogens (tertiary/aromatic N) is 2. The van der Waals surface area contributed by atoms with E-state index >= 15 is 0 Å². The number of para-hydroxylation sites is 2. The van der Waals surface area contributed by atoms with Gasteiger partial charge in [0, 0.05) is 18.7 Å². The third-order valence-corrected chi connectivity index (χ3v) is 4.60. The fourth-order valence-electron chi connectivity index (χ4n) is 3.07. The summed E-state index contributed by atoms with van der Waals surface area (Å²) in [5, 5.41) is 11.1. The number of ether oxygens (including phenoxy) is 3. The number of rotatable bonds is 11. The largest absolute Gasteiger partial charge is 0.490 e. The topological polar surface area (TPSA) is 91.1 Å². The average molecular weight is 436 g/mol. The Morgan fingerprint density at radius 2 is 1.90 bits per heavy atom. The molecule has 2 aromatic rings. The molecule has 1 amide bonds. The maximum atomic E-state index is 12.8. The van der Waals surface area contributed by atoms with E-state index in [1.54, 1.807) is 30.0 Å². The third-order valence-electron chi connectivity index (χ3n) is 4.60. The van der Waals surface area contributed by atoms with Crippen LogP contribution in [0.25, 0.3) is 0 Å². The van der Waals surface area contributed by atoms with Crippen LogP contribution in [-0.4, -0.2) is 41.6 Å². The first-order valence-corrected chi connectivity index (χ1v) is 9.75. The van der Waals surface area contributed by atoms with Crippen LogP contribution < -0.4 is 14.2 Å². The Bertz CT molecular complexity index is 936. The van der Waals surface area contributed by atoms with Gasteiger partial charge in [-0.05, 0) is 43.5 Å². The molecule has 1 saturated carbocycles. The van der Waals surface area contributed by atoms with Gasteiger partial charge in [0.2, 0.25) is 0 Å². The zero-order valence-electron chi connectivity index (χ0n) is 16.8. The molecule has 1 aliphatic rings. The predicted molar refractivity (Wildman–Crippen MR) is 106 cm³/mol. The maximum Gasteiger partial charge on any atom is 0.387 e. The summed E-state index contributed by atoms with van der Waals surface area (Å²) in [4.78, 5) is 24.9. The minimum absolute atomic E-state index is 0.0173. The molecule has 0 atom stereocenters. The molecule has 3 rings (SSSR count). The van der Waals surface area contributed by atoms with Crippen molar-refractivity contribution in [3.63, 3.8) is 0 Å². The van der Waals surface area contributed by atoms with Gasteiger partial charge >= 0.3 is 12.3 Å². The van der Waals surface area contributed by atoms with Gasteiger partial charge in [0.05, 0.1) is 11.5 Å². The highest BCUT2D eigenvalue weighted by Gasteiger charge is 2.33. The maximum absolute atomic E-state index is 12.8. The van der Waals surface area contributed by atoms with Crippen LogP contribution >= 0.6 is 0 Å². The van der Waals surface area contributed by atoms with E-state index in [1.807, 2.05) is 0 Å². The molecule has 166 valence electrons. The van der Waals surface area contributed by atoms with E-state index in [-0.39, 0.29) is 54.6 Å². The number of benzene rings is 2. The highest BCUT2D eigenvalue weighted by atomic mass is 19.3. The fraction of sp³-hybridized carbons (Fsp3) is 0.381. The second kappa shape index (κ2) is 10.1. The van der Waals surface area contributed by atoms with Crippen LogP contribution in [0.3, 0.4) is 0 Å². The van der Waals surface area contributed by atoms with E-state index in [9.17, 15) is 23.7 Å². The molecule has 31 heavy (non-hydrogen) atoms. The molecule has 1 fully saturated rings. The van der Waals surface area contributed by atoms with E-state index in [1.165, 1.54) is 24.3 Å². The molecule has 0 aliphatic heterocycles. The zero-order valence-corrected chi connectivity index (χ0v) is 16.8. The summed E-state index contributed by atoms with van der Waals surface area (Å²) in [5.74, 6) is -0.223. The van der Waals surface area contributed by atoms with E-state index in [0.29, 0.717) is 5.56 Å². The van der Waals surface area contributed by atoms with Crippen molar-refractivity contribution in [1.82, 2.24) is 4.90 Å². The molecule has 0 spiro atoms. The molecule has 0 saturated heterocycles. The lowest BCUT2D eigenvalue weighted by Gasteiger charge is -2.23. The van der Waals surface area contributed by atoms with Gasteiger partial charge in [-0.2, -0.15) is 8.78 Å². The van der Waals surface area contributed by atoms with Crippen molar-refractivity contribution in [1.29, 1.82) is 0 Å². The van der Waals surface area contributed by atoms with Crippen molar-refractivity contribution < 1.29 is 32.7 Å². The van der Waals surface area contributed by atoms with Crippen LogP contribution in [0.4, 0.5) is 14.5 Å². The number of carbonyl (C=O) groups is 1. The van der Waals surface area contributed by atoms with Crippen molar-refractivity contribution in [2.75, 3.05) is 13.2 Å². The summed E-state index contributed by atoms with van der Waals surface area (Å²) in [6.45, 7) is -1.13. The fourth-order valence-corrected chi connectivity index (χ4v) is 3.07. The summed E-state index contributed by atoms with van der Waals surface area (Å²) >= 11 is 0. The number of amides is 1. The SMILES string of the molecule is CCOc1cc(CN(C(=O)COc2ccccc2[N+](=O)[O-])C2CC2)ccc1OC(F)F. The van der Waals surface area contributed by atoms with Crippen molar-refractivity contribution in [3.05, 3.63) is 58.1 Å². The van der Waals surface area contributed by atoms with Crippen molar-refractivity contribution in [2.45, 2.75) is 39.0 Å². The molecule has 2 aromatic carbocycles. The molecule has 8 nitrogen and oxygen atoms in total. The molecular weight excluding hydrogens is 414 g/mol. The monoisotopic (exact) mass is 436 g/mol. The van der Waals surface area contributed by atoms with Crippen molar-refractivity contribution in [3.8, 4) is 17.2 Å². The van der Waals surface area contributed by atoms with Gasteiger partial charge in [-0.3, -0.25) is 14.9 Å². The Kier molecular flexibility index (Phi) is 7.22. The molecule has 0 unspecified atom stereocenters. The smallest absolute Gasteiger partial charge is 0.387 e. The third kappa shape index (κ3) is 6.03. The summed E-state index contributed by atoms with van der Waals surface area (Å²) in [7, 11) is 0. The second-order valence-electron chi connectivity index (χ2n) is 6.86. The first kappa shape index (κ1) is 22.3. The molecule has 0 heterocycles. The highest BCUT2D eigenvalue weighted by molar-refractivity contribution is 5.78. The number of hydrogen-bond acceptors (Lipinski definition) is 6. The second-order valence-corrected chi connectivity index (χ2v) is 6.86. The number of carbonyl (C=O) groups excluding carboxylic acids is 1. The van der Waals surface area contributed by atoms with Crippen LogP contribution in [0.2, 0.25) is 0 Å². The summed E-state index contributed by atoms with van der Waals surface area (Å²) in [6.07, 6.45) is 1.67. The molecular formula is C21H22F2N2O6. The number of nitro benzene ring substituents is 1. The summed E-state index contributed by atoms with van der Waals surface area (Å²) < 4.78 is 40.5. The lowest BCUT2D eigenvalue weighted by molar-refractivity contribution is -0.385. The predicted octanol–water partition coefficient (Wildman–Crippen LogP) is 4.16. The number of alkyl halides is 2. The van der Waals surface area contributed by atoms with Crippen LogP contribution in [0.15, 0.2) is 42.5 Å². The Balaban J connectivity index is 1.71. The van der Waals surface area contributed by atoms with E-state index < -0.39 is 11.5 Å². The summed E-state index contributed by atoms with van der Waals surface area (Å²) in [5.41, 5.74) is 0.459. The zero-order chi connectivity index (χ0) is 22.4. The minimum atomic E-state index is -2.98. The summed E-state index contributed by atoms with van der Waals surface area (Å²) in [6, 6.07) is 10.4. The Morgan fingerprint density at radius 3 is 2.55 bits per heavy atom. The van der Waals surface area contributed by atoms with Gasteiger partial charge in [-0.15, -0.1) is 0 Å². The molecule has 1 aliphatic carbocycles. The van der Waals surface area contributed by atoms with E-state index in [4.69, 9.17) is 9.47 Å².